The molecule has 48 valence electrons. The van der Waals surface area contributed by atoms with Gasteiger partial charge < -0.3 is 4.52 Å². The third-order valence-corrected chi connectivity index (χ3v) is 0.666. The third-order valence-electron chi connectivity index (χ3n) is 0.666. The van der Waals surface area contributed by atoms with Gasteiger partial charge in [-0.25, -0.2) is 5.48 Å². The largest absolute Gasteiger partial charge is 0.342 e. The standard InChI is InChI=1S/C3H3N3O3/c7-3(5-8)2-4-1-9-6-2/h1,8H,(H,5,7). The Bertz CT molecular complexity index is 194. The summed E-state index contributed by atoms with van der Waals surface area (Å²) in [5.74, 6) is -0.985. The Labute approximate surface area is 49.4 Å². The van der Waals surface area contributed by atoms with E-state index in [9.17, 15) is 4.79 Å². The Morgan fingerprint density at radius 2 is 2.67 bits per heavy atom. The molecule has 0 atom stereocenters. The van der Waals surface area contributed by atoms with E-state index in [1.165, 1.54) is 5.48 Å². The van der Waals surface area contributed by atoms with Gasteiger partial charge in [-0.05, 0) is 0 Å². The SMILES string of the molecule is O=C(NO)c1ncon1. The molecule has 0 bridgehead atoms. The van der Waals surface area contributed by atoms with Gasteiger partial charge in [0.05, 0.1) is 0 Å². The van der Waals surface area contributed by atoms with E-state index in [1.807, 2.05) is 0 Å². The second kappa shape index (κ2) is 2.23. The topological polar surface area (TPSA) is 88.2 Å². The number of carbonyl (C=O) groups is 1. The summed E-state index contributed by atoms with van der Waals surface area (Å²) >= 11 is 0. The Morgan fingerprint density at radius 1 is 1.89 bits per heavy atom. The van der Waals surface area contributed by atoms with E-state index in [0.29, 0.717) is 0 Å². The summed E-state index contributed by atoms with van der Waals surface area (Å²) in [6.07, 6.45) is 0.991. The lowest BCUT2D eigenvalue weighted by molar-refractivity contribution is 0.0691. The molecule has 1 rings (SSSR count). The van der Waals surface area contributed by atoms with Crippen LogP contribution in [0.1, 0.15) is 10.6 Å². The molecule has 9 heavy (non-hydrogen) atoms. The average Bonchev–Trinajstić information content (AvgIpc) is 2.37. The van der Waals surface area contributed by atoms with Crippen molar-refractivity contribution in [2.45, 2.75) is 0 Å². The van der Waals surface area contributed by atoms with Crippen molar-refractivity contribution < 1.29 is 14.5 Å². The number of hydrogen-bond donors (Lipinski definition) is 2. The van der Waals surface area contributed by atoms with Gasteiger partial charge >= 0.3 is 5.91 Å². The highest BCUT2D eigenvalue weighted by Crippen LogP contribution is 1.84. The van der Waals surface area contributed by atoms with E-state index < -0.39 is 5.91 Å². The fourth-order valence-electron chi connectivity index (χ4n) is 0.321. The molecule has 1 aromatic heterocycles. The number of nitrogens with one attached hydrogen (secondary N) is 1. The smallest absolute Gasteiger partial charge is 0.315 e. The van der Waals surface area contributed by atoms with Crippen LogP contribution in [0.2, 0.25) is 0 Å². The van der Waals surface area contributed by atoms with E-state index in [0.717, 1.165) is 6.39 Å². The van der Waals surface area contributed by atoms with Crippen LogP contribution in [0.5, 0.6) is 0 Å². The fourth-order valence-corrected chi connectivity index (χ4v) is 0.321. The monoisotopic (exact) mass is 129 g/mol. The summed E-state index contributed by atoms with van der Waals surface area (Å²) in [7, 11) is 0. The van der Waals surface area contributed by atoms with Crippen molar-refractivity contribution in [2.75, 3.05) is 0 Å². The number of nitrogens with zero attached hydrogens (tertiary/aromatic N) is 2. The van der Waals surface area contributed by atoms with Crippen molar-refractivity contribution in [3.63, 3.8) is 0 Å². The quantitative estimate of drug-likeness (QED) is 0.382. The molecule has 1 heterocycles. The van der Waals surface area contributed by atoms with Crippen molar-refractivity contribution in [1.82, 2.24) is 15.6 Å². The van der Waals surface area contributed by atoms with Crippen LogP contribution >= 0.6 is 0 Å². The summed E-state index contributed by atoms with van der Waals surface area (Å²) in [5, 5.41) is 11.1. The van der Waals surface area contributed by atoms with Gasteiger partial charge in [-0.15, -0.1) is 0 Å². The van der Waals surface area contributed by atoms with Gasteiger partial charge in [0.1, 0.15) is 0 Å². The lowest BCUT2D eigenvalue weighted by Crippen LogP contribution is -2.19. The number of rotatable bonds is 1. The van der Waals surface area contributed by atoms with Gasteiger partial charge in [-0.3, -0.25) is 10.0 Å². The molecule has 0 saturated carbocycles. The zero-order valence-corrected chi connectivity index (χ0v) is 4.24. The molecule has 0 aromatic carbocycles. The van der Waals surface area contributed by atoms with Gasteiger partial charge in [-0.2, -0.15) is 4.98 Å². The minimum absolute atomic E-state index is 0.197. The van der Waals surface area contributed by atoms with E-state index in [-0.39, 0.29) is 5.82 Å². The first-order valence-electron chi connectivity index (χ1n) is 2.05. The highest BCUT2D eigenvalue weighted by molar-refractivity contribution is 5.88. The van der Waals surface area contributed by atoms with Gasteiger partial charge in [0, 0.05) is 0 Å². The first kappa shape index (κ1) is 5.70. The van der Waals surface area contributed by atoms with E-state index in [2.05, 4.69) is 14.7 Å². The van der Waals surface area contributed by atoms with E-state index in [4.69, 9.17) is 5.21 Å². The zero-order valence-electron chi connectivity index (χ0n) is 4.24. The van der Waals surface area contributed by atoms with Gasteiger partial charge in [0.15, 0.2) is 0 Å². The molecule has 6 heteroatoms. The summed E-state index contributed by atoms with van der Waals surface area (Å²) < 4.78 is 4.20. The lowest BCUT2D eigenvalue weighted by atomic mass is 10.6. The molecule has 0 spiro atoms. The fraction of sp³-hybridized carbons (Fsp3) is 0. The maximum atomic E-state index is 10.3. The van der Waals surface area contributed by atoms with Crippen LogP contribution in [0.25, 0.3) is 0 Å². The molecule has 0 aliphatic heterocycles. The molecular formula is C3H3N3O3. The minimum Gasteiger partial charge on any atom is -0.342 e. The van der Waals surface area contributed by atoms with Gasteiger partial charge in [0.2, 0.25) is 6.39 Å². The Morgan fingerprint density at radius 3 is 3.11 bits per heavy atom. The van der Waals surface area contributed by atoms with Crippen molar-refractivity contribution in [3.8, 4) is 0 Å². The van der Waals surface area contributed by atoms with E-state index in [1.54, 1.807) is 0 Å². The number of amides is 1. The highest BCUT2D eigenvalue weighted by atomic mass is 16.5. The predicted molar refractivity (Wildman–Crippen MR) is 23.6 cm³/mol. The zero-order chi connectivity index (χ0) is 6.69. The van der Waals surface area contributed by atoms with Gasteiger partial charge in [0.25, 0.3) is 5.82 Å². The number of hydroxylamine groups is 1. The van der Waals surface area contributed by atoms with Crippen molar-refractivity contribution in [1.29, 1.82) is 0 Å². The van der Waals surface area contributed by atoms with Gasteiger partial charge in [-0.1, -0.05) is 5.16 Å². The summed E-state index contributed by atoms with van der Waals surface area (Å²) in [6.45, 7) is 0. The highest BCUT2D eigenvalue weighted by Gasteiger charge is 2.07. The molecule has 6 nitrogen and oxygen atoms in total. The van der Waals surface area contributed by atoms with Crippen LogP contribution in [0.3, 0.4) is 0 Å². The van der Waals surface area contributed by atoms with Crippen molar-refractivity contribution in [2.24, 2.45) is 0 Å². The van der Waals surface area contributed by atoms with Crippen LogP contribution in [0, 0.1) is 0 Å². The van der Waals surface area contributed by atoms with Crippen LogP contribution < -0.4 is 5.48 Å². The maximum Gasteiger partial charge on any atom is 0.315 e. The average molecular weight is 129 g/mol. The molecule has 0 unspecified atom stereocenters. The third kappa shape index (κ3) is 1.03. The molecule has 1 amide bonds. The predicted octanol–water partition coefficient (Wildman–Crippen LogP) is -0.811. The first-order chi connectivity index (χ1) is 4.34. The number of aromatic nitrogens is 2. The van der Waals surface area contributed by atoms with Crippen LogP contribution in [0.15, 0.2) is 10.9 Å². The lowest BCUT2D eigenvalue weighted by Gasteiger charge is -1.85. The van der Waals surface area contributed by atoms with Crippen LogP contribution in [-0.4, -0.2) is 21.3 Å². The van der Waals surface area contributed by atoms with Crippen molar-refractivity contribution >= 4 is 5.91 Å². The molecule has 0 aliphatic rings. The molecule has 0 saturated heterocycles. The van der Waals surface area contributed by atoms with Crippen molar-refractivity contribution in [3.05, 3.63) is 12.2 Å². The maximum absolute atomic E-state index is 10.3. The first-order valence-corrected chi connectivity index (χ1v) is 2.05. The molecular weight excluding hydrogens is 126 g/mol. The van der Waals surface area contributed by atoms with Crippen LogP contribution in [0.4, 0.5) is 0 Å². The Balaban J connectivity index is 2.77. The van der Waals surface area contributed by atoms with E-state index >= 15 is 0 Å². The number of carbonyl (C=O) groups excluding carboxylic acids is 1. The Kier molecular flexibility index (Phi) is 1.41. The minimum atomic E-state index is -0.788. The Hall–Kier alpha value is -1.43. The molecule has 0 fully saturated rings. The second-order valence-electron chi connectivity index (χ2n) is 1.20. The molecule has 2 N–H and O–H groups in total. The normalized spacial score (nSPS) is 9.00. The molecule has 0 radical (unpaired) electrons. The number of hydrogen-bond acceptors (Lipinski definition) is 5. The molecule has 0 aliphatic carbocycles. The summed E-state index contributed by atoms with van der Waals surface area (Å²) in [6, 6.07) is 0. The van der Waals surface area contributed by atoms with Crippen LogP contribution in [-0.2, 0) is 0 Å². The summed E-state index contributed by atoms with van der Waals surface area (Å²) in [4.78, 5) is 13.7. The molecule has 1 aromatic rings. The summed E-state index contributed by atoms with van der Waals surface area (Å²) in [5.41, 5.74) is 1.34. The second-order valence-corrected chi connectivity index (χ2v) is 1.20.